The Morgan fingerprint density at radius 2 is 0.714 bits per heavy atom. The normalized spacial score (nSPS) is 16.7. The maximum absolute atomic E-state index is 14.4. The molecule has 0 rings (SSSR count). The SMILES string of the molecule is CC[N+](CC)(CC)C(F)(F)C(F)(F)C(F)(F)C(F)(F)C(F)(F)C(F)(F)C(F)(F)C(F)(F)C(C)F.[Cl-]. The highest BCUT2D eigenvalue weighted by molar-refractivity contribution is 5.15. The predicted molar refractivity (Wildman–Crippen MR) is 82.0 cm³/mol. The van der Waals surface area contributed by atoms with Gasteiger partial charge in [0, 0.05) is 0 Å². The maximum atomic E-state index is 14.4. The Morgan fingerprint density at radius 3 is 0.943 bits per heavy atom. The third kappa shape index (κ3) is 4.31. The molecule has 0 heterocycles. The lowest BCUT2D eigenvalue weighted by Crippen LogP contribution is -3.00. The van der Waals surface area contributed by atoms with Gasteiger partial charge in [0.15, 0.2) is 6.17 Å². The Morgan fingerprint density at radius 1 is 0.486 bits per heavy atom. The Bertz CT molecular complexity index is 707. The number of nitrogens with zero attached hydrogens (tertiary/aromatic N) is 1. The van der Waals surface area contributed by atoms with Crippen LogP contribution in [0.2, 0.25) is 0 Å². The first-order valence-corrected chi connectivity index (χ1v) is 9.15. The fourth-order valence-corrected chi connectivity index (χ4v) is 3.00. The molecule has 0 amide bonds. The zero-order valence-electron chi connectivity index (χ0n) is 17.9. The highest BCUT2D eigenvalue weighted by Crippen LogP contribution is 2.64. The van der Waals surface area contributed by atoms with Crippen molar-refractivity contribution in [2.24, 2.45) is 0 Å². The van der Waals surface area contributed by atoms with E-state index in [0.29, 0.717) is 20.8 Å². The molecule has 0 aromatic rings. The van der Waals surface area contributed by atoms with Gasteiger partial charge in [0.05, 0.1) is 19.6 Å². The van der Waals surface area contributed by atoms with Crippen molar-refractivity contribution in [2.45, 2.75) is 81.4 Å². The van der Waals surface area contributed by atoms with Gasteiger partial charge in [-0.3, -0.25) is 4.48 Å². The lowest BCUT2D eigenvalue weighted by atomic mass is 9.87. The first-order valence-electron chi connectivity index (χ1n) is 9.15. The van der Waals surface area contributed by atoms with Gasteiger partial charge >= 0.3 is 47.5 Å². The molecule has 0 saturated carbocycles. The van der Waals surface area contributed by atoms with Crippen LogP contribution in [0.4, 0.5) is 74.6 Å². The predicted octanol–water partition coefficient (Wildman–Crippen LogP) is 4.26. The van der Waals surface area contributed by atoms with E-state index in [1.54, 1.807) is 0 Å². The van der Waals surface area contributed by atoms with Gasteiger partial charge in [-0.25, -0.2) is 4.39 Å². The van der Waals surface area contributed by atoms with Crippen molar-refractivity contribution in [2.75, 3.05) is 19.6 Å². The molecule has 0 fully saturated rings. The molecule has 214 valence electrons. The Kier molecular flexibility index (Phi) is 10.1. The van der Waals surface area contributed by atoms with Crippen LogP contribution in [0.5, 0.6) is 0 Å². The quantitative estimate of drug-likeness (QED) is 0.183. The van der Waals surface area contributed by atoms with Crippen LogP contribution in [0.15, 0.2) is 0 Å². The highest BCUT2D eigenvalue weighted by Gasteiger charge is 2.96. The van der Waals surface area contributed by atoms with Crippen LogP contribution in [-0.4, -0.2) is 77.8 Å². The van der Waals surface area contributed by atoms with Gasteiger partial charge in [-0.1, -0.05) is 0 Å². The number of hydrogen-bond acceptors (Lipinski definition) is 0. The number of alkyl halides is 17. The summed E-state index contributed by atoms with van der Waals surface area (Å²) in [4.78, 5) is 0. The van der Waals surface area contributed by atoms with E-state index in [1.165, 1.54) is 0 Å². The Hall–Kier alpha value is -0.940. The largest absolute Gasteiger partial charge is 1.00 e. The molecule has 19 heteroatoms. The molecule has 0 N–H and O–H groups in total. The summed E-state index contributed by atoms with van der Waals surface area (Å²) in [6.45, 7) is -2.29. The van der Waals surface area contributed by atoms with Gasteiger partial charge in [-0.15, -0.1) is 8.78 Å². The minimum absolute atomic E-state index is 0. The van der Waals surface area contributed by atoms with E-state index in [9.17, 15) is 74.6 Å². The van der Waals surface area contributed by atoms with Crippen molar-refractivity contribution < 1.29 is 91.5 Å². The molecule has 0 radical (unpaired) electrons. The van der Waals surface area contributed by atoms with Gasteiger partial charge in [0.2, 0.25) is 0 Å². The van der Waals surface area contributed by atoms with Crippen molar-refractivity contribution in [1.29, 1.82) is 0 Å². The lowest BCUT2D eigenvalue weighted by Gasteiger charge is -2.48. The summed E-state index contributed by atoms with van der Waals surface area (Å²) >= 11 is 0. The van der Waals surface area contributed by atoms with E-state index in [4.69, 9.17) is 0 Å². The second kappa shape index (κ2) is 9.74. The Balaban J connectivity index is 0. The van der Waals surface area contributed by atoms with Gasteiger partial charge < -0.3 is 12.4 Å². The first kappa shape index (κ1) is 36.2. The molecule has 0 bridgehead atoms. The molecule has 0 aliphatic heterocycles. The van der Waals surface area contributed by atoms with Crippen molar-refractivity contribution in [3.05, 3.63) is 0 Å². The lowest BCUT2D eigenvalue weighted by molar-refractivity contribution is -1.02. The van der Waals surface area contributed by atoms with E-state index >= 15 is 0 Å². The third-order valence-electron chi connectivity index (χ3n) is 5.68. The van der Waals surface area contributed by atoms with Crippen LogP contribution in [0.25, 0.3) is 0 Å². The molecular formula is C16H19ClF17N. The van der Waals surface area contributed by atoms with Crippen molar-refractivity contribution in [1.82, 2.24) is 0 Å². The third-order valence-corrected chi connectivity index (χ3v) is 5.68. The summed E-state index contributed by atoms with van der Waals surface area (Å²) in [5.74, 6) is -56.1. The summed E-state index contributed by atoms with van der Waals surface area (Å²) in [5, 5.41) is 0. The average molecular weight is 584 g/mol. The molecular weight excluding hydrogens is 565 g/mol. The summed E-state index contributed by atoms with van der Waals surface area (Å²) in [6, 6.07) is -6.40. The molecule has 0 aromatic heterocycles. The molecule has 0 saturated heterocycles. The topological polar surface area (TPSA) is 0 Å². The minimum atomic E-state index is -8.54. The van der Waals surface area contributed by atoms with Crippen LogP contribution in [0, 0.1) is 0 Å². The van der Waals surface area contributed by atoms with E-state index in [-0.39, 0.29) is 12.4 Å². The van der Waals surface area contributed by atoms with Crippen LogP contribution in [-0.2, 0) is 0 Å². The zero-order chi connectivity index (χ0) is 28.2. The first-order chi connectivity index (χ1) is 14.6. The second-order valence-electron chi connectivity index (χ2n) is 7.32. The molecule has 0 spiro atoms. The zero-order valence-corrected chi connectivity index (χ0v) is 18.7. The smallest absolute Gasteiger partial charge is 0.461 e. The maximum Gasteiger partial charge on any atom is 0.461 e. The second-order valence-corrected chi connectivity index (χ2v) is 7.32. The van der Waals surface area contributed by atoms with Crippen molar-refractivity contribution >= 4 is 0 Å². The average Bonchev–Trinajstić information content (AvgIpc) is 2.68. The summed E-state index contributed by atoms with van der Waals surface area (Å²) in [7, 11) is 0. The van der Waals surface area contributed by atoms with Gasteiger partial charge in [0.1, 0.15) is 0 Å². The van der Waals surface area contributed by atoms with Crippen LogP contribution in [0.1, 0.15) is 27.7 Å². The number of quaternary nitrogens is 1. The Labute approximate surface area is 193 Å². The molecule has 0 aromatic carbocycles. The van der Waals surface area contributed by atoms with Crippen molar-refractivity contribution in [3.8, 4) is 0 Å². The van der Waals surface area contributed by atoms with E-state index in [2.05, 4.69) is 0 Å². The van der Waals surface area contributed by atoms with Gasteiger partial charge in [-0.2, -0.15) is 61.5 Å². The molecule has 0 aliphatic rings. The molecule has 1 atom stereocenters. The minimum Gasteiger partial charge on any atom is -1.00 e. The van der Waals surface area contributed by atoms with Crippen LogP contribution in [0.3, 0.4) is 0 Å². The van der Waals surface area contributed by atoms with Crippen LogP contribution >= 0.6 is 0 Å². The summed E-state index contributed by atoms with van der Waals surface area (Å²) in [6.07, 6.45) is -4.47. The van der Waals surface area contributed by atoms with Gasteiger partial charge in [-0.05, 0) is 27.7 Å². The number of hydrogen-bond donors (Lipinski definition) is 0. The van der Waals surface area contributed by atoms with Gasteiger partial charge in [0.25, 0.3) is 0 Å². The summed E-state index contributed by atoms with van der Waals surface area (Å²) < 4.78 is 231. The molecule has 1 nitrogen and oxygen atoms in total. The van der Waals surface area contributed by atoms with E-state index < -0.39 is 84.7 Å². The highest BCUT2D eigenvalue weighted by atomic mass is 35.5. The summed E-state index contributed by atoms with van der Waals surface area (Å²) in [5.41, 5.74) is 0. The van der Waals surface area contributed by atoms with E-state index in [0.717, 1.165) is 0 Å². The number of halogens is 18. The van der Waals surface area contributed by atoms with Crippen molar-refractivity contribution in [3.63, 3.8) is 0 Å². The fourth-order valence-electron chi connectivity index (χ4n) is 3.00. The van der Waals surface area contributed by atoms with Crippen LogP contribution < -0.4 is 12.4 Å². The monoisotopic (exact) mass is 583 g/mol. The molecule has 1 unspecified atom stereocenters. The fraction of sp³-hybridized carbons (Fsp3) is 1.00. The van der Waals surface area contributed by atoms with E-state index in [1.807, 2.05) is 0 Å². The number of rotatable bonds is 12. The molecule has 35 heavy (non-hydrogen) atoms. The standard InChI is InChI=1S/C16H19F17N.ClH/c1-5-34(6-2,7-3)16(32,33)15(30,31)14(28,29)13(26,27)12(24,25)11(22,23)10(20,21)9(18,19)8(4)17;/h8H,5-7H2,1-4H3;1H/q+1;/p-1. The molecule has 0 aliphatic carbocycles.